The summed E-state index contributed by atoms with van der Waals surface area (Å²) < 4.78 is 54.4. The van der Waals surface area contributed by atoms with Crippen molar-refractivity contribution in [1.82, 2.24) is 0 Å². The molecule has 0 N–H and O–H groups in total. The molecule has 1 aliphatic carbocycles. The molecule has 2 atom stereocenters. The Labute approximate surface area is 180 Å². The van der Waals surface area contributed by atoms with Crippen LogP contribution < -0.4 is 0 Å². The predicted octanol–water partition coefficient (Wildman–Crippen LogP) is 6.54. The van der Waals surface area contributed by atoms with Crippen LogP contribution in [0.25, 0.3) is 16.7 Å². The van der Waals surface area contributed by atoms with E-state index in [1.54, 1.807) is 49.4 Å². The Morgan fingerprint density at radius 2 is 1.52 bits per heavy atom. The molecule has 0 amide bonds. The number of hydrogen-bond acceptors (Lipinski definition) is 2. The molecule has 0 aromatic heterocycles. The van der Waals surface area contributed by atoms with Gasteiger partial charge in [-0.15, -0.1) is 0 Å². The number of halogens is 3. The highest BCUT2D eigenvalue weighted by atomic mass is 19.2. The average molecular weight is 426 g/mol. The molecule has 162 valence electrons. The van der Waals surface area contributed by atoms with E-state index in [4.69, 9.17) is 9.47 Å². The Morgan fingerprint density at radius 3 is 2.16 bits per heavy atom. The number of allylic oxidation sites excluding steroid dienone is 5. The minimum atomic E-state index is -1.68. The fourth-order valence-corrected chi connectivity index (χ4v) is 3.91. The normalized spacial score (nSPS) is 26.6. The Bertz CT molecular complexity index is 1020. The molecule has 1 saturated heterocycles. The van der Waals surface area contributed by atoms with Crippen LogP contribution in [-0.2, 0) is 9.47 Å². The highest BCUT2D eigenvalue weighted by molar-refractivity contribution is 5.75. The number of rotatable bonds is 4. The molecule has 2 unspecified atom stereocenters. The van der Waals surface area contributed by atoms with Gasteiger partial charge in [-0.25, -0.2) is 13.2 Å². The topological polar surface area (TPSA) is 18.5 Å². The molecule has 0 spiro atoms. The van der Waals surface area contributed by atoms with Crippen molar-refractivity contribution in [3.63, 3.8) is 0 Å². The zero-order valence-corrected chi connectivity index (χ0v) is 17.5. The summed E-state index contributed by atoms with van der Waals surface area (Å²) in [5.74, 6) is -0.481. The van der Waals surface area contributed by atoms with Crippen LogP contribution in [0.2, 0.25) is 0 Å². The van der Waals surface area contributed by atoms with Crippen molar-refractivity contribution >= 4 is 5.57 Å². The van der Waals surface area contributed by atoms with Crippen molar-refractivity contribution in [2.75, 3.05) is 13.2 Å². The molecule has 5 heteroatoms. The fourth-order valence-electron chi connectivity index (χ4n) is 3.91. The quantitative estimate of drug-likeness (QED) is 0.517. The molecule has 2 aromatic carbocycles. The highest BCUT2D eigenvalue weighted by Gasteiger charge is 2.29. The van der Waals surface area contributed by atoms with E-state index in [9.17, 15) is 13.2 Å². The molecule has 2 aliphatic rings. The van der Waals surface area contributed by atoms with E-state index in [-0.39, 0.29) is 18.0 Å². The minimum absolute atomic E-state index is 0.164. The Kier molecular flexibility index (Phi) is 6.44. The summed E-state index contributed by atoms with van der Waals surface area (Å²) in [7, 11) is 0. The van der Waals surface area contributed by atoms with Gasteiger partial charge in [0.2, 0.25) is 0 Å². The van der Waals surface area contributed by atoms with Gasteiger partial charge >= 0.3 is 0 Å². The Hall–Kier alpha value is -2.63. The third-order valence-corrected chi connectivity index (χ3v) is 5.78. The summed E-state index contributed by atoms with van der Waals surface area (Å²) in [6, 6.07) is 12.2. The van der Waals surface area contributed by atoms with E-state index in [0.717, 1.165) is 5.56 Å². The molecule has 2 nitrogen and oxygen atoms in total. The summed E-state index contributed by atoms with van der Waals surface area (Å²) in [6.07, 6.45) is 3.22. The first-order chi connectivity index (χ1) is 15.0. The second kappa shape index (κ2) is 9.25. The van der Waals surface area contributed by atoms with Crippen LogP contribution in [0.3, 0.4) is 0 Å². The Morgan fingerprint density at radius 1 is 0.871 bits per heavy atom. The molecule has 0 radical (unpaired) electrons. The monoisotopic (exact) mass is 426 g/mol. The van der Waals surface area contributed by atoms with E-state index in [2.05, 4.69) is 0 Å². The lowest BCUT2D eigenvalue weighted by atomic mass is 9.90. The van der Waals surface area contributed by atoms with E-state index >= 15 is 0 Å². The van der Waals surface area contributed by atoms with Gasteiger partial charge in [0.1, 0.15) is 5.82 Å². The molecule has 4 rings (SSSR count). The van der Waals surface area contributed by atoms with Crippen LogP contribution in [0.4, 0.5) is 13.2 Å². The van der Waals surface area contributed by atoms with E-state index in [0.29, 0.717) is 41.1 Å². The van der Waals surface area contributed by atoms with Gasteiger partial charge < -0.3 is 9.47 Å². The SMILES string of the molecule is C/C=C/C1OCC(c2ccc(-c3ccc(C4=CC=C(C)C(F)C4F)cc3)cc2F)CO1. The molecule has 1 heterocycles. The third-order valence-electron chi connectivity index (χ3n) is 5.78. The Balaban J connectivity index is 1.50. The van der Waals surface area contributed by atoms with Gasteiger partial charge in [-0.1, -0.05) is 54.6 Å². The number of ether oxygens (including phenoxy) is 2. The zero-order valence-electron chi connectivity index (χ0n) is 17.5. The lowest BCUT2D eigenvalue weighted by molar-refractivity contribution is -0.159. The van der Waals surface area contributed by atoms with Gasteiger partial charge in [0.25, 0.3) is 0 Å². The first kappa shape index (κ1) is 21.6. The first-order valence-electron chi connectivity index (χ1n) is 10.4. The second-order valence-electron chi connectivity index (χ2n) is 7.91. The van der Waals surface area contributed by atoms with Gasteiger partial charge in [-0.3, -0.25) is 0 Å². The molecular formula is C26H25F3O2. The first-order valence-corrected chi connectivity index (χ1v) is 10.4. The number of benzene rings is 2. The maximum Gasteiger partial charge on any atom is 0.176 e. The van der Waals surface area contributed by atoms with Gasteiger partial charge in [0, 0.05) is 5.92 Å². The molecule has 31 heavy (non-hydrogen) atoms. The predicted molar refractivity (Wildman–Crippen MR) is 117 cm³/mol. The molecule has 2 aromatic rings. The van der Waals surface area contributed by atoms with Crippen LogP contribution in [0.1, 0.15) is 30.9 Å². The zero-order chi connectivity index (χ0) is 22.0. The molecule has 1 aliphatic heterocycles. The van der Waals surface area contributed by atoms with Gasteiger partial charge in [0.05, 0.1) is 13.2 Å². The average Bonchev–Trinajstić information content (AvgIpc) is 2.79. The van der Waals surface area contributed by atoms with E-state index < -0.39 is 12.3 Å². The third kappa shape index (κ3) is 4.53. The van der Waals surface area contributed by atoms with Crippen molar-refractivity contribution in [3.05, 3.63) is 89.3 Å². The highest BCUT2D eigenvalue weighted by Crippen LogP contribution is 2.34. The molecule has 1 fully saturated rings. The van der Waals surface area contributed by atoms with Crippen LogP contribution in [0, 0.1) is 5.82 Å². The fraction of sp³-hybridized carbons (Fsp3) is 0.308. The van der Waals surface area contributed by atoms with Crippen LogP contribution in [-0.4, -0.2) is 31.8 Å². The molecular weight excluding hydrogens is 401 g/mol. The lowest BCUT2D eigenvalue weighted by Crippen LogP contribution is -2.29. The summed E-state index contributed by atoms with van der Waals surface area (Å²) in [5, 5.41) is 0. The number of hydrogen-bond donors (Lipinski definition) is 0. The lowest BCUT2D eigenvalue weighted by Gasteiger charge is -2.28. The maximum atomic E-state index is 14.8. The maximum absolute atomic E-state index is 14.8. The van der Waals surface area contributed by atoms with Crippen molar-refractivity contribution < 1.29 is 22.6 Å². The summed E-state index contributed by atoms with van der Waals surface area (Å²) >= 11 is 0. The van der Waals surface area contributed by atoms with E-state index in [1.807, 2.05) is 25.1 Å². The van der Waals surface area contributed by atoms with Gasteiger partial charge in [-0.05, 0) is 59.4 Å². The smallest absolute Gasteiger partial charge is 0.176 e. The summed E-state index contributed by atoms with van der Waals surface area (Å²) in [4.78, 5) is 0. The van der Waals surface area contributed by atoms with Crippen LogP contribution >= 0.6 is 0 Å². The van der Waals surface area contributed by atoms with Crippen molar-refractivity contribution in [2.24, 2.45) is 0 Å². The second-order valence-corrected chi connectivity index (χ2v) is 7.91. The van der Waals surface area contributed by atoms with Crippen LogP contribution in [0.5, 0.6) is 0 Å². The minimum Gasteiger partial charge on any atom is -0.348 e. The number of alkyl halides is 2. The standard InChI is InChI=1S/C26H25F3O2/c1-3-4-24-30-14-20(15-31-24)21-12-10-19(13-23(21)27)17-6-8-18(9-7-17)22-11-5-16(2)25(28)26(22)29/h3-13,20,24-26H,14-15H2,1-2H3/b4-3+. The summed E-state index contributed by atoms with van der Waals surface area (Å²) in [6.45, 7) is 4.26. The van der Waals surface area contributed by atoms with Crippen molar-refractivity contribution in [3.8, 4) is 11.1 Å². The van der Waals surface area contributed by atoms with Crippen LogP contribution in [0.15, 0.2) is 72.3 Å². The molecule has 0 bridgehead atoms. The van der Waals surface area contributed by atoms with Gasteiger partial charge in [-0.2, -0.15) is 0 Å². The van der Waals surface area contributed by atoms with Gasteiger partial charge in [0.15, 0.2) is 18.6 Å². The van der Waals surface area contributed by atoms with Crippen molar-refractivity contribution in [1.29, 1.82) is 0 Å². The molecule has 0 saturated carbocycles. The van der Waals surface area contributed by atoms with Crippen molar-refractivity contribution in [2.45, 2.75) is 38.4 Å². The summed E-state index contributed by atoms with van der Waals surface area (Å²) in [5.41, 5.74) is 3.39. The largest absolute Gasteiger partial charge is 0.348 e. The van der Waals surface area contributed by atoms with E-state index in [1.165, 1.54) is 6.07 Å².